The van der Waals surface area contributed by atoms with Crippen molar-refractivity contribution in [2.45, 2.75) is 44.7 Å². The van der Waals surface area contributed by atoms with Crippen molar-refractivity contribution in [1.82, 2.24) is 20.4 Å². The zero-order valence-corrected chi connectivity index (χ0v) is 18.7. The second-order valence-electron chi connectivity index (χ2n) is 7.45. The lowest BCUT2D eigenvalue weighted by molar-refractivity contribution is -0.148. The van der Waals surface area contributed by atoms with Crippen LogP contribution in [0.25, 0.3) is 0 Å². The van der Waals surface area contributed by atoms with Crippen molar-refractivity contribution in [3.63, 3.8) is 0 Å². The number of hydrogen-bond acceptors (Lipinski definition) is 3. The Balaban J connectivity index is 0.00000364. The first-order chi connectivity index (χ1) is 12.5. The number of halogens is 4. The molecule has 2 fully saturated rings. The van der Waals surface area contributed by atoms with Gasteiger partial charge in [-0.1, -0.05) is 6.42 Å². The minimum atomic E-state index is -4.08. The van der Waals surface area contributed by atoms with Crippen LogP contribution in [0.2, 0.25) is 0 Å². The molecule has 0 aromatic rings. The van der Waals surface area contributed by atoms with Gasteiger partial charge in [0.15, 0.2) is 5.96 Å². The average Bonchev–Trinajstić information content (AvgIpc) is 2.61. The van der Waals surface area contributed by atoms with Crippen LogP contribution in [-0.4, -0.2) is 81.3 Å². The van der Waals surface area contributed by atoms with Gasteiger partial charge in [0.05, 0.1) is 6.54 Å². The van der Waals surface area contributed by atoms with Crippen LogP contribution in [0.4, 0.5) is 13.2 Å². The van der Waals surface area contributed by atoms with Crippen LogP contribution < -0.4 is 10.6 Å². The molecule has 27 heavy (non-hydrogen) atoms. The van der Waals surface area contributed by atoms with Crippen molar-refractivity contribution >= 4 is 29.9 Å². The van der Waals surface area contributed by atoms with Crippen molar-refractivity contribution in [2.75, 3.05) is 59.4 Å². The molecule has 0 aliphatic carbocycles. The molecule has 9 heteroatoms. The molecule has 0 spiro atoms. The van der Waals surface area contributed by atoms with E-state index in [2.05, 4.69) is 20.5 Å². The Labute approximate surface area is 178 Å². The highest BCUT2D eigenvalue weighted by Crippen LogP contribution is 2.23. The molecule has 2 rings (SSSR count). The predicted octanol–water partition coefficient (Wildman–Crippen LogP) is 2.92. The maximum atomic E-state index is 12.4. The normalized spacial score (nSPS) is 21.0. The Kier molecular flexibility index (Phi) is 11.9. The average molecular weight is 505 g/mol. The number of nitrogens with one attached hydrogen (secondary N) is 2. The van der Waals surface area contributed by atoms with Crippen molar-refractivity contribution in [3.05, 3.63) is 0 Å². The van der Waals surface area contributed by atoms with Gasteiger partial charge in [0, 0.05) is 26.7 Å². The Hall–Kier alpha value is -0.290. The lowest BCUT2D eigenvalue weighted by Gasteiger charge is -2.32. The molecule has 0 radical (unpaired) electrons. The number of likely N-dealkylation sites (tertiary alicyclic amines) is 2. The molecule has 160 valence electrons. The molecule has 0 atom stereocenters. The van der Waals surface area contributed by atoms with Crippen molar-refractivity contribution in [2.24, 2.45) is 10.9 Å². The van der Waals surface area contributed by atoms with Gasteiger partial charge in [-0.05, 0) is 64.2 Å². The SMILES string of the molecule is CN=C(NCCC1CCN(CC(F)(F)F)CC1)NCCN1CCCCC1.I. The molecule has 2 N–H and O–H groups in total. The summed E-state index contributed by atoms with van der Waals surface area (Å²) in [5.74, 6) is 1.31. The number of hydrogen-bond donors (Lipinski definition) is 2. The number of guanidine groups is 1. The van der Waals surface area contributed by atoms with Gasteiger partial charge in [0.1, 0.15) is 0 Å². The molecular formula is C18H35F3IN5. The van der Waals surface area contributed by atoms with Gasteiger partial charge in [-0.25, -0.2) is 0 Å². The third kappa shape index (κ3) is 10.7. The lowest BCUT2D eigenvalue weighted by atomic mass is 9.93. The van der Waals surface area contributed by atoms with E-state index in [4.69, 9.17) is 0 Å². The van der Waals surface area contributed by atoms with E-state index in [1.54, 1.807) is 7.05 Å². The fourth-order valence-corrected chi connectivity index (χ4v) is 3.82. The molecule has 0 bridgehead atoms. The summed E-state index contributed by atoms with van der Waals surface area (Å²) in [6.07, 6.45) is 2.54. The summed E-state index contributed by atoms with van der Waals surface area (Å²) in [5, 5.41) is 6.68. The van der Waals surface area contributed by atoms with E-state index in [1.165, 1.54) is 37.3 Å². The largest absolute Gasteiger partial charge is 0.401 e. The first kappa shape index (κ1) is 24.7. The third-order valence-electron chi connectivity index (χ3n) is 5.35. The number of aliphatic imine (C=N–C) groups is 1. The minimum absolute atomic E-state index is 0. The number of rotatable bonds is 7. The highest BCUT2D eigenvalue weighted by atomic mass is 127. The van der Waals surface area contributed by atoms with E-state index in [9.17, 15) is 13.2 Å². The van der Waals surface area contributed by atoms with Crippen LogP contribution in [0.3, 0.4) is 0 Å². The van der Waals surface area contributed by atoms with Crippen molar-refractivity contribution in [1.29, 1.82) is 0 Å². The zero-order valence-electron chi connectivity index (χ0n) is 16.4. The van der Waals surface area contributed by atoms with E-state index in [-0.39, 0.29) is 24.0 Å². The van der Waals surface area contributed by atoms with E-state index in [0.29, 0.717) is 19.0 Å². The Bertz CT molecular complexity index is 420. The first-order valence-corrected chi connectivity index (χ1v) is 9.92. The van der Waals surface area contributed by atoms with E-state index >= 15 is 0 Å². The fourth-order valence-electron chi connectivity index (χ4n) is 3.82. The summed E-state index contributed by atoms with van der Waals surface area (Å²) in [6.45, 7) is 5.45. The zero-order chi connectivity index (χ0) is 18.8. The van der Waals surface area contributed by atoms with E-state index < -0.39 is 12.7 Å². The molecule has 5 nitrogen and oxygen atoms in total. The van der Waals surface area contributed by atoms with Crippen LogP contribution in [-0.2, 0) is 0 Å². The van der Waals surface area contributed by atoms with Gasteiger partial charge in [-0.2, -0.15) is 13.2 Å². The molecule has 2 heterocycles. The molecule has 2 aliphatic rings. The van der Waals surface area contributed by atoms with Crippen LogP contribution in [0, 0.1) is 5.92 Å². The van der Waals surface area contributed by atoms with E-state index in [0.717, 1.165) is 44.9 Å². The molecule has 0 aromatic carbocycles. The quantitative estimate of drug-likeness (QED) is 0.318. The van der Waals surface area contributed by atoms with Gasteiger partial charge >= 0.3 is 6.18 Å². The number of nitrogens with zero attached hydrogens (tertiary/aromatic N) is 3. The maximum Gasteiger partial charge on any atom is 0.401 e. The Morgan fingerprint density at radius 2 is 1.59 bits per heavy atom. The highest BCUT2D eigenvalue weighted by molar-refractivity contribution is 14.0. The Morgan fingerprint density at radius 3 is 2.19 bits per heavy atom. The summed E-state index contributed by atoms with van der Waals surface area (Å²) in [5.41, 5.74) is 0. The maximum absolute atomic E-state index is 12.4. The third-order valence-corrected chi connectivity index (χ3v) is 5.35. The van der Waals surface area contributed by atoms with Crippen LogP contribution in [0.1, 0.15) is 38.5 Å². The van der Waals surface area contributed by atoms with Crippen molar-refractivity contribution < 1.29 is 13.2 Å². The van der Waals surface area contributed by atoms with Gasteiger partial charge in [0.25, 0.3) is 0 Å². The fraction of sp³-hybridized carbons (Fsp3) is 0.944. The predicted molar refractivity (Wildman–Crippen MR) is 115 cm³/mol. The van der Waals surface area contributed by atoms with Crippen LogP contribution in [0.15, 0.2) is 4.99 Å². The summed E-state index contributed by atoms with van der Waals surface area (Å²) in [7, 11) is 1.77. The summed E-state index contributed by atoms with van der Waals surface area (Å²) < 4.78 is 37.2. The van der Waals surface area contributed by atoms with Crippen LogP contribution in [0.5, 0.6) is 0 Å². The topological polar surface area (TPSA) is 42.9 Å². The molecule has 0 unspecified atom stereocenters. The van der Waals surface area contributed by atoms with Gasteiger partial charge in [-0.3, -0.25) is 9.89 Å². The highest BCUT2D eigenvalue weighted by Gasteiger charge is 2.32. The summed E-state index contributed by atoms with van der Waals surface area (Å²) in [4.78, 5) is 8.25. The Morgan fingerprint density at radius 1 is 0.963 bits per heavy atom. The van der Waals surface area contributed by atoms with E-state index in [1.807, 2.05) is 0 Å². The summed E-state index contributed by atoms with van der Waals surface area (Å²) >= 11 is 0. The minimum Gasteiger partial charge on any atom is -0.356 e. The molecule has 0 aromatic heterocycles. The van der Waals surface area contributed by atoms with Gasteiger partial charge in [0.2, 0.25) is 0 Å². The molecule has 0 amide bonds. The van der Waals surface area contributed by atoms with Gasteiger partial charge < -0.3 is 15.5 Å². The lowest BCUT2D eigenvalue weighted by Crippen LogP contribution is -2.43. The second-order valence-corrected chi connectivity index (χ2v) is 7.45. The molecule has 2 saturated heterocycles. The standard InChI is InChI=1S/C18H34F3N5.HI/c1-22-17(24-9-14-25-10-3-2-4-11-25)23-8-5-16-6-12-26(13-7-16)15-18(19,20)21;/h16H,2-15H2,1H3,(H2,22,23,24);1H. The first-order valence-electron chi connectivity index (χ1n) is 9.92. The van der Waals surface area contributed by atoms with Gasteiger partial charge in [-0.15, -0.1) is 24.0 Å². The number of alkyl halides is 3. The monoisotopic (exact) mass is 505 g/mol. The molecular weight excluding hydrogens is 470 g/mol. The molecule has 0 saturated carbocycles. The second kappa shape index (κ2) is 13.0. The van der Waals surface area contributed by atoms with Crippen LogP contribution >= 0.6 is 24.0 Å². The smallest absolute Gasteiger partial charge is 0.356 e. The molecule has 2 aliphatic heterocycles. The van der Waals surface area contributed by atoms with Crippen molar-refractivity contribution in [3.8, 4) is 0 Å². The number of piperidine rings is 2. The summed E-state index contributed by atoms with van der Waals surface area (Å²) in [6, 6.07) is 0.